The average Bonchev–Trinajstić information content (AvgIpc) is 3.03. The summed E-state index contributed by atoms with van der Waals surface area (Å²) in [6, 6.07) is 4.36. The first-order valence-electron chi connectivity index (χ1n) is 7.85. The number of hydrogen-bond donors (Lipinski definition) is 1. The molecule has 0 saturated carbocycles. The first-order chi connectivity index (χ1) is 10.1. The standard InChI is InChI=1S/C17H26FNO2/c1-4-17(5-2,19-10-6-7-11-19)16(20)14-12-13(18)8-9-15(14)21-3/h8-9,12,16,20H,4-7,10-11H2,1-3H3. The zero-order valence-electron chi connectivity index (χ0n) is 13.2. The van der Waals surface area contributed by atoms with Gasteiger partial charge in [-0.1, -0.05) is 13.8 Å². The third-order valence-corrected chi connectivity index (χ3v) is 4.96. The van der Waals surface area contributed by atoms with Crippen molar-refractivity contribution in [3.63, 3.8) is 0 Å². The summed E-state index contributed by atoms with van der Waals surface area (Å²) in [4.78, 5) is 2.36. The molecule has 0 radical (unpaired) electrons. The molecule has 1 saturated heterocycles. The van der Waals surface area contributed by atoms with Gasteiger partial charge in [-0.05, 0) is 57.0 Å². The van der Waals surface area contributed by atoms with Crippen LogP contribution in [0.4, 0.5) is 4.39 Å². The molecule has 0 aliphatic carbocycles. The second kappa shape index (κ2) is 6.75. The Morgan fingerprint density at radius 3 is 2.43 bits per heavy atom. The number of likely N-dealkylation sites (tertiary alicyclic amines) is 1. The fraction of sp³-hybridized carbons (Fsp3) is 0.647. The van der Waals surface area contributed by atoms with Gasteiger partial charge in [-0.3, -0.25) is 4.90 Å². The van der Waals surface area contributed by atoms with Crippen LogP contribution >= 0.6 is 0 Å². The van der Waals surface area contributed by atoms with Crippen molar-refractivity contribution in [3.8, 4) is 5.75 Å². The maximum absolute atomic E-state index is 13.6. The van der Waals surface area contributed by atoms with Crippen molar-refractivity contribution in [1.29, 1.82) is 0 Å². The zero-order chi connectivity index (χ0) is 15.5. The van der Waals surface area contributed by atoms with E-state index in [0.717, 1.165) is 38.8 Å². The lowest BCUT2D eigenvalue weighted by Crippen LogP contribution is -2.51. The van der Waals surface area contributed by atoms with Crippen molar-refractivity contribution >= 4 is 0 Å². The Hall–Kier alpha value is -1.13. The minimum absolute atomic E-state index is 0.340. The predicted molar refractivity (Wildman–Crippen MR) is 82.0 cm³/mol. The Kier molecular flexibility index (Phi) is 5.22. The van der Waals surface area contributed by atoms with Crippen LogP contribution in [0.2, 0.25) is 0 Å². The topological polar surface area (TPSA) is 32.7 Å². The Morgan fingerprint density at radius 2 is 1.90 bits per heavy atom. The summed E-state index contributed by atoms with van der Waals surface area (Å²) in [5.41, 5.74) is 0.200. The Labute approximate surface area is 126 Å². The van der Waals surface area contributed by atoms with Gasteiger partial charge in [0, 0.05) is 5.56 Å². The number of ether oxygens (including phenoxy) is 1. The first kappa shape index (κ1) is 16.2. The largest absolute Gasteiger partial charge is 0.496 e. The number of nitrogens with zero attached hydrogens (tertiary/aromatic N) is 1. The molecule has 21 heavy (non-hydrogen) atoms. The van der Waals surface area contributed by atoms with Gasteiger partial charge in [0.2, 0.25) is 0 Å². The maximum atomic E-state index is 13.6. The summed E-state index contributed by atoms with van der Waals surface area (Å²) < 4.78 is 19.0. The van der Waals surface area contributed by atoms with Crippen molar-refractivity contribution in [2.45, 2.75) is 51.2 Å². The van der Waals surface area contributed by atoms with Crippen molar-refractivity contribution < 1.29 is 14.2 Å². The van der Waals surface area contributed by atoms with E-state index >= 15 is 0 Å². The lowest BCUT2D eigenvalue weighted by Gasteiger charge is -2.45. The van der Waals surface area contributed by atoms with E-state index in [9.17, 15) is 9.50 Å². The number of benzene rings is 1. The van der Waals surface area contributed by atoms with E-state index < -0.39 is 6.10 Å². The van der Waals surface area contributed by atoms with Crippen LogP contribution in [0.25, 0.3) is 0 Å². The predicted octanol–water partition coefficient (Wildman–Crippen LogP) is 3.52. The molecule has 1 unspecified atom stereocenters. The van der Waals surface area contributed by atoms with Crippen molar-refractivity contribution in [3.05, 3.63) is 29.6 Å². The van der Waals surface area contributed by atoms with Gasteiger partial charge in [-0.25, -0.2) is 4.39 Å². The Morgan fingerprint density at radius 1 is 1.29 bits per heavy atom. The second-order valence-corrected chi connectivity index (χ2v) is 5.79. The molecular formula is C17H26FNO2. The molecule has 0 amide bonds. The molecule has 0 bridgehead atoms. The molecule has 0 spiro atoms. The summed E-state index contributed by atoms with van der Waals surface area (Å²) in [6.45, 7) is 6.18. The van der Waals surface area contributed by atoms with Gasteiger partial charge >= 0.3 is 0 Å². The highest BCUT2D eigenvalue weighted by atomic mass is 19.1. The molecule has 3 nitrogen and oxygen atoms in total. The van der Waals surface area contributed by atoms with Gasteiger partial charge in [0.05, 0.1) is 12.6 Å². The first-order valence-corrected chi connectivity index (χ1v) is 7.85. The SMILES string of the molecule is CCC(CC)(C(O)c1cc(F)ccc1OC)N1CCCC1. The summed E-state index contributed by atoms with van der Waals surface area (Å²) in [5.74, 6) is 0.210. The van der Waals surface area contributed by atoms with Crippen LogP contribution in [0, 0.1) is 5.82 Å². The van der Waals surface area contributed by atoms with Crippen LogP contribution in [0.1, 0.15) is 51.2 Å². The van der Waals surface area contributed by atoms with Crippen molar-refractivity contribution in [2.75, 3.05) is 20.2 Å². The minimum Gasteiger partial charge on any atom is -0.496 e. The van der Waals surface area contributed by atoms with Crippen LogP contribution in [0.3, 0.4) is 0 Å². The molecule has 1 aliphatic heterocycles. The number of halogens is 1. The van der Waals surface area contributed by atoms with E-state index in [1.54, 1.807) is 13.2 Å². The molecule has 1 aromatic carbocycles. The number of methoxy groups -OCH3 is 1. The summed E-state index contributed by atoms with van der Waals surface area (Å²) in [6.07, 6.45) is 3.22. The quantitative estimate of drug-likeness (QED) is 0.871. The Bertz CT molecular complexity index is 468. The lowest BCUT2D eigenvalue weighted by atomic mass is 9.81. The van der Waals surface area contributed by atoms with Crippen molar-refractivity contribution in [1.82, 2.24) is 4.90 Å². The maximum Gasteiger partial charge on any atom is 0.124 e. The molecule has 1 atom stereocenters. The highest BCUT2D eigenvalue weighted by molar-refractivity contribution is 5.37. The van der Waals surface area contributed by atoms with Gasteiger partial charge in [-0.2, -0.15) is 0 Å². The summed E-state index contributed by atoms with van der Waals surface area (Å²) in [7, 11) is 1.55. The molecule has 1 heterocycles. The van der Waals surface area contributed by atoms with Crippen LogP contribution in [0.15, 0.2) is 18.2 Å². The summed E-state index contributed by atoms with van der Waals surface area (Å²) in [5, 5.41) is 11.0. The third kappa shape index (κ3) is 2.92. The van der Waals surface area contributed by atoms with Crippen LogP contribution in [-0.2, 0) is 0 Å². The van der Waals surface area contributed by atoms with Gasteiger partial charge in [0.25, 0.3) is 0 Å². The van der Waals surface area contributed by atoms with E-state index in [1.807, 2.05) is 0 Å². The number of aliphatic hydroxyl groups is 1. The molecule has 0 aromatic heterocycles. The van der Waals surface area contributed by atoms with Crippen LogP contribution in [-0.4, -0.2) is 35.7 Å². The molecule has 118 valence electrons. The van der Waals surface area contributed by atoms with Gasteiger partial charge in [-0.15, -0.1) is 0 Å². The lowest BCUT2D eigenvalue weighted by molar-refractivity contribution is -0.0306. The number of rotatable bonds is 6. The van der Waals surface area contributed by atoms with Crippen LogP contribution in [0.5, 0.6) is 5.75 Å². The van der Waals surface area contributed by atoms with Crippen molar-refractivity contribution in [2.24, 2.45) is 0 Å². The fourth-order valence-electron chi connectivity index (χ4n) is 3.63. The molecule has 1 fully saturated rings. The molecule has 1 aromatic rings. The highest BCUT2D eigenvalue weighted by Crippen LogP contribution is 2.42. The third-order valence-electron chi connectivity index (χ3n) is 4.96. The smallest absolute Gasteiger partial charge is 0.124 e. The van der Waals surface area contributed by atoms with Gasteiger partial charge in [0.15, 0.2) is 0 Å². The molecule has 2 rings (SSSR count). The molecule has 1 N–H and O–H groups in total. The fourth-order valence-corrected chi connectivity index (χ4v) is 3.63. The summed E-state index contributed by atoms with van der Waals surface area (Å²) >= 11 is 0. The average molecular weight is 295 g/mol. The molecular weight excluding hydrogens is 269 g/mol. The highest BCUT2D eigenvalue weighted by Gasteiger charge is 2.43. The number of hydrogen-bond acceptors (Lipinski definition) is 3. The monoisotopic (exact) mass is 295 g/mol. The minimum atomic E-state index is -0.753. The van der Waals surface area contributed by atoms with E-state index in [0.29, 0.717) is 11.3 Å². The Balaban J connectivity index is 2.42. The molecule has 4 heteroatoms. The normalized spacial score (nSPS) is 18.0. The van der Waals surface area contributed by atoms with Crippen LogP contribution < -0.4 is 4.74 Å². The van der Waals surface area contributed by atoms with Gasteiger partial charge in [0.1, 0.15) is 17.7 Å². The zero-order valence-corrected chi connectivity index (χ0v) is 13.2. The number of aliphatic hydroxyl groups excluding tert-OH is 1. The van der Waals surface area contributed by atoms with E-state index in [1.165, 1.54) is 12.1 Å². The molecule has 1 aliphatic rings. The van der Waals surface area contributed by atoms with E-state index in [2.05, 4.69) is 18.7 Å². The van der Waals surface area contributed by atoms with E-state index in [-0.39, 0.29) is 11.4 Å². The van der Waals surface area contributed by atoms with E-state index in [4.69, 9.17) is 4.74 Å². The second-order valence-electron chi connectivity index (χ2n) is 5.79. The van der Waals surface area contributed by atoms with Gasteiger partial charge < -0.3 is 9.84 Å².